The number of nitrogens with zero attached hydrogens (tertiary/aromatic N) is 2. The maximum absolute atomic E-state index is 6.61. The number of fused-ring (bicyclic) bond motifs is 9. The Bertz CT molecular complexity index is 3080. The van der Waals surface area contributed by atoms with Crippen LogP contribution in [0.15, 0.2) is 186 Å². The van der Waals surface area contributed by atoms with Gasteiger partial charge in [-0.05, 0) is 112 Å². The molecular formula is C51H36N2O. The molecule has 2 heterocycles. The second-order valence-corrected chi connectivity index (χ2v) is 15.0. The lowest BCUT2D eigenvalue weighted by Crippen LogP contribution is -2.16. The predicted molar refractivity (Wildman–Crippen MR) is 226 cm³/mol. The van der Waals surface area contributed by atoms with Crippen LogP contribution >= 0.6 is 0 Å². The zero-order chi connectivity index (χ0) is 36.0. The van der Waals surface area contributed by atoms with Crippen LogP contribution in [0.3, 0.4) is 0 Å². The third kappa shape index (κ3) is 4.48. The van der Waals surface area contributed by atoms with Crippen LogP contribution in [0.25, 0.3) is 71.7 Å². The van der Waals surface area contributed by atoms with E-state index < -0.39 is 0 Å². The van der Waals surface area contributed by atoms with E-state index in [2.05, 4.69) is 205 Å². The molecule has 0 radical (unpaired) electrons. The molecule has 0 atom stereocenters. The summed E-state index contributed by atoms with van der Waals surface area (Å²) in [7, 11) is 0. The molecule has 0 bridgehead atoms. The Hall–Kier alpha value is -6.84. The highest BCUT2D eigenvalue weighted by molar-refractivity contribution is 6.15. The number of aromatic nitrogens is 1. The van der Waals surface area contributed by atoms with Crippen molar-refractivity contribution >= 4 is 60.8 Å². The molecule has 8 aromatic carbocycles. The number of hydrogen-bond acceptors (Lipinski definition) is 2. The molecule has 0 fully saturated rings. The van der Waals surface area contributed by atoms with Crippen molar-refractivity contribution in [2.45, 2.75) is 19.3 Å². The van der Waals surface area contributed by atoms with Crippen LogP contribution in [-0.2, 0) is 5.41 Å². The molecule has 0 spiro atoms. The summed E-state index contributed by atoms with van der Waals surface area (Å²) >= 11 is 0. The molecule has 2 aromatic heterocycles. The molecule has 0 unspecified atom stereocenters. The summed E-state index contributed by atoms with van der Waals surface area (Å²) in [5.41, 5.74) is 16.2. The summed E-state index contributed by atoms with van der Waals surface area (Å²) in [6.45, 7) is 4.69. The van der Waals surface area contributed by atoms with E-state index >= 15 is 0 Å². The van der Waals surface area contributed by atoms with Gasteiger partial charge in [-0.1, -0.05) is 117 Å². The summed E-state index contributed by atoms with van der Waals surface area (Å²) in [4.78, 5) is 2.40. The number of anilines is 3. The lowest BCUT2D eigenvalue weighted by Gasteiger charge is -2.28. The summed E-state index contributed by atoms with van der Waals surface area (Å²) in [5.74, 6) is 0. The highest BCUT2D eigenvalue weighted by atomic mass is 16.3. The van der Waals surface area contributed by atoms with Crippen LogP contribution in [0.2, 0.25) is 0 Å². The predicted octanol–water partition coefficient (Wildman–Crippen LogP) is 14.1. The van der Waals surface area contributed by atoms with Crippen LogP contribution in [-0.4, -0.2) is 4.57 Å². The third-order valence-corrected chi connectivity index (χ3v) is 11.6. The quantitative estimate of drug-likeness (QED) is 0.179. The standard InChI is InChI=1S/C51H36N2O/c1-51(2)43-20-11-9-18-38(43)39-27-26-37(32-44(39)51)52(35-14-5-3-6-15-35)47-22-13-23-49-50(47)42-31-34(25-29-48(42)54-49)33-24-28-46-41(30-33)40-19-10-12-21-45(40)53(46)36-16-7-4-8-17-36/h3-32H,1-2H3. The zero-order valence-electron chi connectivity index (χ0n) is 30.1. The summed E-state index contributed by atoms with van der Waals surface area (Å²) in [6.07, 6.45) is 0. The van der Waals surface area contributed by atoms with Crippen LogP contribution in [0.5, 0.6) is 0 Å². The zero-order valence-corrected chi connectivity index (χ0v) is 30.1. The fourth-order valence-corrected chi connectivity index (χ4v) is 9.02. The number of para-hydroxylation sites is 3. The maximum Gasteiger partial charge on any atom is 0.137 e. The molecule has 11 rings (SSSR count). The van der Waals surface area contributed by atoms with Gasteiger partial charge in [0.05, 0.1) is 22.1 Å². The Morgan fingerprint density at radius 2 is 1.15 bits per heavy atom. The smallest absolute Gasteiger partial charge is 0.137 e. The molecular weight excluding hydrogens is 657 g/mol. The lowest BCUT2D eigenvalue weighted by atomic mass is 9.82. The van der Waals surface area contributed by atoms with Crippen molar-refractivity contribution in [3.8, 4) is 27.9 Å². The molecule has 0 saturated carbocycles. The molecule has 1 aliphatic rings. The van der Waals surface area contributed by atoms with E-state index in [-0.39, 0.29) is 5.41 Å². The van der Waals surface area contributed by atoms with Crippen LogP contribution in [0.1, 0.15) is 25.0 Å². The summed E-state index contributed by atoms with van der Waals surface area (Å²) < 4.78 is 8.97. The molecule has 10 aromatic rings. The molecule has 54 heavy (non-hydrogen) atoms. The van der Waals surface area contributed by atoms with Crippen molar-refractivity contribution in [1.29, 1.82) is 0 Å². The minimum atomic E-state index is -0.109. The Labute approximate surface area is 314 Å². The van der Waals surface area contributed by atoms with Crippen molar-refractivity contribution in [3.63, 3.8) is 0 Å². The first-order valence-electron chi connectivity index (χ1n) is 18.7. The van der Waals surface area contributed by atoms with E-state index in [1.54, 1.807) is 0 Å². The van der Waals surface area contributed by atoms with Crippen LogP contribution in [0.4, 0.5) is 17.1 Å². The SMILES string of the molecule is CC1(C)c2ccccc2-c2ccc(N(c3ccccc3)c3cccc4oc5ccc(-c6ccc7c(c6)c6ccccc6n7-c6ccccc6)cc5c34)cc21. The van der Waals surface area contributed by atoms with E-state index in [1.165, 1.54) is 49.6 Å². The molecule has 0 saturated heterocycles. The monoisotopic (exact) mass is 692 g/mol. The number of rotatable bonds is 5. The molecule has 3 nitrogen and oxygen atoms in total. The first kappa shape index (κ1) is 30.8. The molecule has 1 aliphatic carbocycles. The van der Waals surface area contributed by atoms with Gasteiger partial charge in [-0.25, -0.2) is 0 Å². The molecule has 0 aliphatic heterocycles. The topological polar surface area (TPSA) is 21.3 Å². The highest BCUT2D eigenvalue weighted by Gasteiger charge is 2.36. The van der Waals surface area contributed by atoms with Crippen molar-refractivity contribution in [2.75, 3.05) is 4.90 Å². The molecule has 3 heteroatoms. The lowest BCUT2D eigenvalue weighted by molar-refractivity contribution is 0.660. The minimum Gasteiger partial charge on any atom is -0.456 e. The van der Waals surface area contributed by atoms with E-state index in [0.29, 0.717) is 0 Å². The first-order chi connectivity index (χ1) is 26.5. The normalized spacial score (nSPS) is 13.1. The van der Waals surface area contributed by atoms with Gasteiger partial charge in [0, 0.05) is 38.6 Å². The fraction of sp³-hybridized carbons (Fsp3) is 0.0588. The second-order valence-electron chi connectivity index (χ2n) is 15.0. The number of hydrogen-bond donors (Lipinski definition) is 0. The first-order valence-corrected chi connectivity index (χ1v) is 18.7. The molecule has 0 N–H and O–H groups in total. The fourth-order valence-electron chi connectivity index (χ4n) is 9.02. The number of benzene rings is 8. The van der Waals surface area contributed by atoms with Crippen molar-refractivity contribution in [3.05, 3.63) is 193 Å². The second kappa shape index (κ2) is 11.6. The van der Waals surface area contributed by atoms with E-state index in [1.807, 2.05) is 0 Å². The van der Waals surface area contributed by atoms with Crippen molar-refractivity contribution in [1.82, 2.24) is 4.57 Å². The Morgan fingerprint density at radius 3 is 2.00 bits per heavy atom. The summed E-state index contributed by atoms with van der Waals surface area (Å²) in [6, 6.07) is 65.8. The molecule has 256 valence electrons. The van der Waals surface area contributed by atoms with Crippen LogP contribution in [0, 0.1) is 0 Å². The minimum absolute atomic E-state index is 0.109. The van der Waals surface area contributed by atoms with Crippen molar-refractivity contribution < 1.29 is 4.42 Å². The number of furan rings is 1. The van der Waals surface area contributed by atoms with Crippen molar-refractivity contribution in [2.24, 2.45) is 0 Å². The van der Waals surface area contributed by atoms with Gasteiger partial charge in [-0.2, -0.15) is 0 Å². The third-order valence-electron chi connectivity index (χ3n) is 11.6. The maximum atomic E-state index is 6.61. The largest absolute Gasteiger partial charge is 0.456 e. The van der Waals surface area contributed by atoms with Gasteiger partial charge in [0.2, 0.25) is 0 Å². The van der Waals surface area contributed by atoms with Gasteiger partial charge in [0.25, 0.3) is 0 Å². The van der Waals surface area contributed by atoms with Gasteiger partial charge >= 0.3 is 0 Å². The average molecular weight is 693 g/mol. The Morgan fingerprint density at radius 1 is 0.463 bits per heavy atom. The average Bonchev–Trinajstić information content (AvgIpc) is 3.84. The highest BCUT2D eigenvalue weighted by Crippen LogP contribution is 2.51. The Balaban J connectivity index is 1.10. The van der Waals surface area contributed by atoms with Gasteiger partial charge in [-0.3, -0.25) is 0 Å². The van der Waals surface area contributed by atoms with E-state index in [4.69, 9.17) is 4.42 Å². The van der Waals surface area contributed by atoms with E-state index in [0.717, 1.165) is 50.3 Å². The van der Waals surface area contributed by atoms with Gasteiger partial charge in [0.1, 0.15) is 11.2 Å². The van der Waals surface area contributed by atoms with Gasteiger partial charge in [-0.15, -0.1) is 0 Å². The van der Waals surface area contributed by atoms with Gasteiger partial charge < -0.3 is 13.9 Å². The molecule has 0 amide bonds. The Kier molecular flexibility index (Phi) is 6.60. The van der Waals surface area contributed by atoms with E-state index in [9.17, 15) is 0 Å². The summed E-state index contributed by atoms with van der Waals surface area (Å²) in [5, 5.41) is 4.68. The van der Waals surface area contributed by atoms with Crippen LogP contribution < -0.4 is 4.90 Å². The van der Waals surface area contributed by atoms with Gasteiger partial charge in [0.15, 0.2) is 0 Å².